The largest absolute Gasteiger partial charge is 0.497 e. The smallest absolute Gasteiger partial charge is 0.159 e. The summed E-state index contributed by atoms with van der Waals surface area (Å²) in [5.74, 6) is 2.37. The van der Waals surface area contributed by atoms with Gasteiger partial charge in [0.1, 0.15) is 17.2 Å². The van der Waals surface area contributed by atoms with Crippen molar-refractivity contribution in [3.8, 4) is 23.0 Å². The molecule has 0 bridgehead atoms. The summed E-state index contributed by atoms with van der Waals surface area (Å²) >= 11 is 0. The maximum absolute atomic E-state index is 5.33. The Hall–Kier alpha value is -3.28. The van der Waals surface area contributed by atoms with E-state index >= 15 is 0 Å². The maximum Gasteiger partial charge on any atom is 0.159 e. The van der Waals surface area contributed by atoms with Crippen molar-refractivity contribution in [3.05, 3.63) is 59.8 Å². The SMILES string of the molecule is COc1cc(CCc2cc(-c3nc4ccccc4[nH]3)n[nH]2)cc(OC)c1. The molecular formula is C20H20N4O2. The molecule has 2 heterocycles. The molecule has 0 aliphatic heterocycles. The Kier molecular flexibility index (Phi) is 4.31. The first kappa shape index (κ1) is 16.2. The third-order valence-electron chi connectivity index (χ3n) is 4.36. The fourth-order valence-electron chi connectivity index (χ4n) is 2.97. The van der Waals surface area contributed by atoms with Crippen LogP contribution in [-0.2, 0) is 12.8 Å². The lowest BCUT2D eigenvalue weighted by Gasteiger charge is -2.07. The summed E-state index contributed by atoms with van der Waals surface area (Å²) in [5, 5.41) is 7.50. The van der Waals surface area contributed by atoms with Crippen molar-refractivity contribution in [2.24, 2.45) is 0 Å². The highest BCUT2D eigenvalue weighted by molar-refractivity contribution is 5.78. The second-order valence-electron chi connectivity index (χ2n) is 6.10. The van der Waals surface area contributed by atoms with Crippen molar-refractivity contribution in [2.45, 2.75) is 12.8 Å². The number of methoxy groups -OCH3 is 2. The third-order valence-corrected chi connectivity index (χ3v) is 4.36. The minimum absolute atomic E-state index is 0.775. The summed E-state index contributed by atoms with van der Waals surface area (Å²) in [6.07, 6.45) is 1.69. The Morgan fingerprint density at radius 3 is 2.42 bits per heavy atom. The Balaban J connectivity index is 1.50. The molecule has 6 nitrogen and oxygen atoms in total. The van der Waals surface area contributed by atoms with E-state index in [2.05, 4.69) is 20.2 Å². The van der Waals surface area contributed by atoms with Crippen LogP contribution in [0.1, 0.15) is 11.3 Å². The Morgan fingerprint density at radius 2 is 1.69 bits per heavy atom. The van der Waals surface area contributed by atoms with Gasteiger partial charge in [-0.1, -0.05) is 12.1 Å². The number of hydrogen-bond acceptors (Lipinski definition) is 4. The molecular weight excluding hydrogens is 328 g/mol. The van der Waals surface area contributed by atoms with Crippen LogP contribution >= 0.6 is 0 Å². The quantitative estimate of drug-likeness (QED) is 0.556. The zero-order valence-electron chi connectivity index (χ0n) is 14.7. The molecule has 4 aromatic rings. The number of aryl methyl sites for hydroxylation is 2. The van der Waals surface area contributed by atoms with Crippen LogP contribution < -0.4 is 9.47 Å². The van der Waals surface area contributed by atoms with Gasteiger partial charge in [0.05, 0.1) is 25.3 Å². The lowest BCUT2D eigenvalue weighted by molar-refractivity contribution is 0.393. The van der Waals surface area contributed by atoms with Crippen molar-refractivity contribution >= 4 is 11.0 Å². The van der Waals surface area contributed by atoms with Crippen LogP contribution in [0.25, 0.3) is 22.6 Å². The van der Waals surface area contributed by atoms with E-state index < -0.39 is 0 Å². The standard InChI is InChI=1S/C20H20N4O2/c1-25-15-9-13(10-16(12-15)26-2)7-8-14-11-19(24-23-14)20-21-17-5-3-4-6-18(17)22-20/h3-6,9-12H,7-8H2,1-2H3,(H,21,22)(H,23,24). The molecule has 0 saturated heterocycles. The Morgan fingerprint density at radius 1 is 0.923 bits per heavy atom. The van der Waals surface area contributed by atoms with Crippen LogP contribution in [-0.4, -0.2) is 34.4 Å². The highest BCUT2D eigenvalue weighted by Gasteiger charge is 2.10. The van der Waals surface area contributed by atoms with Crippen LogP contribution in [0, 0.1) is 0 Å². The van der Waals surface area contributed by atoms with E-state index in [-0.39, 0.29) is 0 Å². The molecule has 2 aromatic heterocycles. The molecule has 0 unspecified atom stereocenters. The molecule has 2 N–H and O–H groups in total. The van der Waals surface area contributed by atoms with Gasteiger partial charge in [-0.25, -0.2) is 4.98 Å². The van der Waals surface area contributed by atoms with E-state index in [1.165, 1.54) is 0 Å². The number of aromatic nitrogens is 4. The molecule has 6 heteroatoms. The molecule has 0 aliphatic carbocycles. The van der Waals surface area contributed by atoms with Gasteiger partial charge in [0.15, 0.2) is 5.82 Å². The molecule has 0 radical (unpaired) electrons. The molecule has 0 atom stereocenters. The first-order valence-corrected chi connectivity index (χ1v) is 8.46. The topological polar surface area (TPSA) is 75.8 Å². The van der Waals surface area contributed by atoms with E-state index in [1.54, 1.807) is 14.2 Å². The maximum atomic E-state index is 5.33. The second kappa shape index (κ2) is 6.92. The van der Waals surface area contributed by atoms with Gasteiger partial charge in [0, 0.05) is 11.8 Å². The average Bonchev–Trinajstić information content (AvgIpc) is 3.32. The average molecular weight is 348 g/mol. The molecule has 4 rings (SSSR count). The van der Waals surface area contributed by atoms with E-state index in [4.69, 9.17) is 9.47 Å². The summed E-state index contributed by atoms with van der Waals surface area (Å²) in [5.41, 5.74) is 4.98. The number of hydrogen-bond donors (Lipinski definition) is 2. The van der Waals surface area contributed by atoms with Crippen molar-refractivity contribution in [1.29, 1.82) is 0 Å². The number of imidazole rings is 1. The second-order valence-corrected chi connectivity index (χ2v) is 6.10. The molecule has 0 saturated carbocycles. The monoisotopic (exact) mass is 348 g/mol. The van der Waals surface area contributed by atoms with E-state index in [9.17, 15) is 0 Å². The number of H-pyrrole nitrogens is 2. The van der Waals surface area contributed by atoms with Crippen LogP contribution in [0.4, 0.5) is 0 Å². The fraction of sp³-hybridized carbons (Fsp3) is 0.200. The van der Waals surface area contributed by atoms with Crippen LogP contribution in [0.2, 0.25) is 0 Å². The normalized spacial score (nSPS) is 11.0. The Labute approximate surface area is 151 Å². The fourth-order valence-corrected chi connectivity index (χ4v) is 2.97. The number of nitrogens with zero attached hydrogens (tertiary/aromatic N) is 2. The molecule has 0 spiro atoms. The number of rotatable bonds is 6. The van der Waals surface area contributed by atoms with Gasteiger partial charge < -0.3 is 14.5 Å². The number of nitrogens with one attached hydrogen (secondary N) is 2. The first-order chi connectivity index (χ1) is 12.7. The summed E-state index contributed by atoms with van der Waals surface area (Å²) in [4.78, 5) is 7.89. The van der Waals surface area contributed by atoms with Crippen molar-refractivity contribution in [1.82, 2.24) is 20.2 Å². The summed E-state index contributed by atoms with van der Waals surface area (Å²) in [6, 6.07) is 15.9. The molecule has 26 heavy (non-hydrogen) atoms. The van der Waals surface area contributed by atoms with Crippen molar-refractivity contribution in [3.63, 3.8) is 0 Å². The van der Waals surface area contributed by atoms with Gasteiger partial charge in [-0.15, -0.1) is 0 Å². The lowest BCUT2D eigenvalue weighted by Crippen LogP contribution is -1.95. The van der Waals surface area contributed by atoms with E-state index in [1.807, 2.05) is 48.5 Å². The zero-order chi connectivity index (χ0) is 17.9. The molecule has 2 aromatic carbocycles. The van der Waals surface area contributed by atoms with E-state index in [0.29, 0.717) is 0 Å². The van der Waals surface area contributed by atoms with Crippen LogP contribution in [0.5, 0.6) is 11.5 Å². The third kappa shape index (κ3) is 3.26. The van der Waals surface area contributed by atoms with Gasteiger partial charge in [0.2, 0.25) is 0 Å². The minimum atomic E-state index is 0.775. The summed E-state index contributed by atoms with van der Waals surface area (Å²) in [7, 11) is 3.32. The van der Waals surface area contributed by atoms with Gasteiger partial charge in [-0.2, -0.15) is 5.10 Å². The number of fused-ring (bicyclic) bond motifs is 1. The van der Waals surface area contributed by atoms with Crippen molar-refractivity contribution in [2.75, 3.05) is 14.2 Å². The van der Waals surface area contributed by atoms with Crippen LogP contribution in [0.15, 0.2) is 48.5 Å². The first-order valence-electron chi connectivity index (χ1n) is 8.46. The molecule has 132 valence electrons. The number of para-hydroxylation sites is 2. The van der Waals surface area contributed by atoms with Crippen molar-refractivity contribution < 1.29 is 9.47 Å². The summed E-state index contributed by atoms with van der Waals surface area (Å²) < 4.78 is 10.7. The minimum Gasteiger partial charge on any atom is -0.497 e. The lowest BCUT2D eigenvalue weighted by atomic mass is 10.1. The molecule has 0 aliphatic rings. The highest BCUT2D eigenvalue weighted by Crippen LogP contribution is 2.24. The molecule has 0 fully saturated rings. The van der Waals surface area contributed by atoms with E-state index in [0.717, 1.165) is 58.1 Å². The predicted molar refractivity (Wildman–Crippen MR) is 101 cm³/mol. The van der Waals surface area contributed by atoms with Gasteiger partial charge in [-0.05, 0) is 48.7 Å². The predicted octanol–water partition coefficient (Wildman–Crippen LogP) is 3.76. The highest BCUT2D eigenvalue weighted by atomic mass is 16.5. The zero-order valence-corrected chi connectivity index (χ0v) is 14.7. The number of aromatic amines is 2. The molecule has 0 amide bonds. The number of benzene rings is 2. The summed E-state index contributed by atoms with van der Waals surface area (Å²) in [6.45, 7) is 0. The number of ether oxygens (including phenoxy) is 2. The van der Waals surface area contributed by atoms with Gasteiger partial charge in [0.25, 0.3) is 0 Å². The van der Waals surface area contributed by atoms with Crippen LogP contribution in [0.3, 0.4) is 0 Å². The van der Waals surface area contributed by atoms with Gasteiger partial charge >= 0.3 is 0 Å². The van der Waals surface area contributed by atoms with Gasteiger partial charge in [-0.3, -0.25) is 5.10 Å². The Bertz CT molecular complexity index is 980.